The predicted molar refractivity (Wildman–Crippen MR) is 112 cm³/mol. The molecule has 0 radical (unpaired) electrons. The average molecular weight is 419 g/mol. The number of amides is 1. The van der Waals surface area contributed by atoms with Crippen molar-refractivity contribution in [3.05, 3.63) is 59.4 Å². The molecule has 1 aliphatic carbocycles. The molecule has 2 aromatic rings. The third kappa shape index (κ3) is 5.22. The molecule has 0 saturated heterocycles. The number of halogens is 1. The largest absolute Gasteiger partial charge is 0.325 e. The highest BCUT2D eigenvalue weighted by atomic mass is 32.2. The molecular weight excluding hydrogens is 391 g/mol. The molecule has 1 N–H and O–H groups in total. The van der Waals surface area contributed by atoms with Crippen LogP contribution < -0.4 is 5.32 Å². The summed E-state index contributed by atoms with van der Waals surface area (Å²) in [7, 11) is -3.92. The van der Waals surface area contributed by atoms with Crippen molar-refractivity contribution in [3.8, 4) is 0 Å². The predicted octanol–water partition coefficient (Wildman–Crippen LogP) is 4.40. The Kier molecular flexibility index (Phi) is 6.70. The normalized spacial score (nSPS) is 15.4. The number of benzene rings is 2. The first-order chi connectivity index (χ1) is 13.8. The standard InChI is InChI=1S/C22H27FN2O3S/c1-16-8-9-17(2)21(14-16)24-22(26)15-25(19-6-4-3-5-7-19)29(27,28)20-12-10-18(23)11-13-20/h8-14,19H,3-7,15H2,1-2H3,(H,24,26). The Bertz CT molecular complexity index is 968. The van der Waals surface area contributed by atoms with Gasteiger partial charge in [0.15, 0.2) is 0 Å². The van der Waals surface area contributed by atoms with E-state index >= 15 is 0 Å². The lowest BCUT2D eigenvalue weighted by molar-refractivity contribution is -0.116. The third-order valence-electron chi connectivity index (χ3n) is 5.37. The summed E-state index contributed by atoms with van der Waals surface area (Å²) in [5.41, 5.74) is 2.60. The Labute approximate surface area is 172 Å². The topological polar surface area (TPSA) is 66.5 Å². The van der Waals surface area contributed by atoms with Crippen LogP contribution in [0.25, 0.3) is 0 Å². The first-order valence-electron chi connectivity index (χ1n) is 9.92. The fourth-order valence-electron chi connectivity index (χ4n) is 3.72. The Morgan fingerprint density at radius 2 is 1.72 bits per heavy atom. The number of hydrogen-bond donors (Lipinski definition) is 1. The van der Waals surface area contributed by atoms with E-state index in [2.05, 4.69) is 5.32 Å². The van der Waals surface area contributed by atoms with Crippen molar-refractivity contribution in [3.63, 3.8) is 0 Å². The highest BCUT2D eigenvalue weighted by molar-refractivity contribution is 7.89. The maximum absolute atomic E-state index is 13.3. The first-order valence-corrected chi connectivity index (χ1v) is 11.4. The lowest BCUT2D eigenvalue weighted by Gasteiger charge is -2.33. The van der Waals surface area contributed by atoms with E-state index in [9.17, 15) is 17.6 Å². The summed E-state index contributed by atoms with van der Waals surface area (Å²) in [6.45, 7) is 3.56. The second-order valence-electron chi connectivity index (χ2n) is 7.66. The Hall–Kier alpha value is -2.25. The molecule has 1 amide bonds. The summed E-state index contributed by atoms with van der Waals surface area (Å²) in [6, 6.07) is 10.3. The zero-order chi connectivity index (χ0) is 21.0. The van der Waals surface area contributed by atoms with Gasteiger partial charge >= 0.3 is 0 Å². The van der Waals surface area contributed by atoms with Gasteiger partial charge in [0.05, 0.1) is 11.4 Å². The first kappa shape index (κ1) is 21.5. The van der Waals surface area contributed by atoms with Crippen LogP contribution in [0.4, 0.5) is 10.1 Å². The van der Waals surface area contributed by atoms with Gasteiger partial charge < -0.3 is 5.32 Å². The van der Waals surface area contributed by atoms with Gasteiger partial charge in [0.2, 0.25) is 15.9 Å². The number of aryl methyl sites for hydroxylation is 2. The number of rotatable bonds is 6. The minimum Gasteiger partial charge on any atom is -0.325 e. The molecule has 1 saturated carbocycles. The van der Waals surface area contributed by atoms with Crippen LogP contribution in [-0.2, 0) is 14.8 Å². The molecule has 0 unspecified atom stereocenters. The van der Waals surface area contributed by atoms with Crippen molar-refractivity contribution in [1.29, 1.82) is 0 Å². The summed E-state index contributed by atoms with van der Waals surface area (Å²) in [5, 5.41) is 2.85. The number of hydrogen-bond acceptors (Lipinski definition) is 3. The average Bonchev–Trinajstić information content (AvgIpc) is 2.70. The molecule has 2 aromatic carbocycles. The van der Waals surface area contributed by atoms with Crippen LogP contribution in [0.2, 0.25) is 0 Å². The van der Waals surface area contributed by atoms with Crippen LogP contribution in [0.15, 0.2) is 47.4 Å². The third-order valence-corrected chi connectivity index (χ3v) is 7.28. The maximum atomic E-state index is 13.3. The zero-order valence-electron chi connectivity index (χ0n) is 16.8. The van der Waals surface area contributed by atoms with Gasteiger partial charge in [0.1, 0.15) is 5.82 Å². The van der Waals surface area contributed by atoms with E-state index in [-0.39, 0.29) is 23.4 Å². The molecule has 5 nitrogen and oxygen atoms in total. The number of carbonyl (C=O) groups is 1. The van der Waals surface area contributed by atoms with E-state index in [0.29, 0.717) is 5.69 Å². The Morgan fingerprint density at radius 1 is 1.07 bits per heavy atom. The Morgan fingerprint density at radius 3 is 2.38 bits per heavy atom. The van der Waals surface area contributed by atoms with Gasteiger partial charge in [-0.2, -0.15) is 4.31 Å². The van der Waals surface area contributed by atoms with Crippen LogP contribution in [0.3, 0.4) is 0 Å². The van der Waals surface area contributed by atoms with Gasteiger partial charge in [-0.05, 0) is 68.1 Å². The minimum atomic E-state index is -3.92. The van der Waals surface area contributed by atoms with Crippen molar-refractivity contribution < 1.29 is 17.6 Å². The van der Waals surface area contributed by atoms with Crippen LogP contribution in [0.5, 0.6) is 0 Å². The summed E-state index contributed by atoms with van der Waals surface area (Å²) in [4.78, 5) is 12.8. The second kappa shape index (κ2) is 9.05. The minimum absolute atomic E-state index is 0.00371. The van der Waals surface area contributed by atoms with Gasteiger partial charge in [-0.25, -0.2) is 12.8 Å². The van der Waals surface area contributed by atoms with Crippen molar-refractivity contribution >= 4 is 21.6 Å². The molecule has 0 atom stereocenters. The SMILES string of the molecule is Cc1ccc(C)c(NC(=O)CN(C2CCCCC2)S(=O)(=O)c2ccc(F)cc2)c1. The maximum Gasteiger partial charge on any atom is 0.243 e. The molecule has 1 aliphatic rings. The molecule has 0 aromatic heterocycles. The molecule has 3 rings (SSSR count). The number of carbonyl (C=O) groups excluding carboxylic acids is 1. The van der Waals surface area contributed by atoms with Crippen molar-refractivity contribution in [2.24, 2.45) is 0 Å². The zero-order valence-corrected chi connectivity index (χ0v) is 17.6. The summed E-state index contributed by atoms with van der Waals surface area (Å²) in [6.07, 6.45) is 4.36. The van der Waals surface area contributed by atoms with Crippen molar-refractivity contribution in [2.75, 3.05) is 11.9 Å². The van der Waals surface area contributed by atoms with Crippen LogP contribution in [-0.4, -0.2) is 31.2 Å². The highest BCUT2D eigenvalue weighted by Gasteiger charge is 2.34. The van der Waals surface area contributed by atoms with E-state index in [1.807, 2.05) is 32.0 Å². The molecule has 156 valence electrons. The van der Waals surface area contributed by atoms with Crippen LogP contribution >= 0.6 is 0 Å². The monoisotopic (exact) mass is 418 g/mol. The van der Waals surface area contributed by atoms with E-state index < -0.39 is 15.8 Å². The lowest BCUT2D eigenvalue weighted by Crippen LogP contribution is -2.45. The summed E-state index contributed by atoms with van der Waals surface area (Å²) < 4.78 is 41.1. The van der Waals surface area contributed by atoms with Crippen LogP contribution in [0, 0.1) is 19.7 Å². The number of nitrogens with one attached hydrogen (secondary N) is 1. The van der Waals surface area contributed by atoms with E-state index in [0.717, 1.165) is 55.4 Å². The fourth-order valence-corrected chi connectivity index (χ4v) is 5.36. The molecule has 0 spiro atoms. The lowest BCUT2D eigenvalue weighted by atomic mass is 9.95. The molecule has 0 aliphatic heterocycles. The van der Waals surface area contributed by atoms with E-state index in [4.69, 9.17) is 0 Å². The molecule has 29 heavy (non-hydrogen) atoms. The van der Waals surface area contributed by atoms with Crippen LogP contribution in [0.1, 0.15) is 43.2 Å². The molecule has 1 fully saturated rings. The van der Waals surface area contributed by atoms with Gasteiger partial charge in [-0.15, -0.1) is 0 Å². The summed E-state index contributed by atoms with van der Waals surface area (Å²) in [5.74, 6) is -0.879. The number of anilines is 1. The summed E-state index contributed by atoms with van der Waals surface area (Å²) >= 11 is 0. The van der Waals surface area contributed by atoms with Crippen molar-refractivity contribution in [1.82, 2.24) is 4.31 Å². The second-order valence-corrected chi connectivity index (χ2v) is 9.55. The molecule has 0 bridgehead atoms. The highest BCUT2D eigenvalue weighted by Crippen LogP contribution is 2.28. The molecular formula is C22H27FN2O3S. The quantitative estimate of drug-likeness (QED) is 0.756. The van der Waals surface area contributed by atoms with E-state index in [1.54, 1.807) is 0 Å². The van der Waals surface area contributed by atoms with Gasteiger partial charge in [-0.3, -0.25) is 4.79 Å². The van der Waals surface area contributed by atoms with Crippen molar-refractivity contribution in [2.45, 2.75) is 56.9 Å². The smallest absolute Gasteiger partial charge is 0.243 e. The Balaban J connectivity index is 1.86. The van der Waals surface area contributed by atoms with Gasteiger partial charge in [0, 0.05) is 11.7 Å². The number of sulfonamides is 1. The molecule has 0 heterocycles. The van der Waals surface area contributed by atoms with Gasteiger partial charge in [0.25, 0.3) is 0 Å². The van der Waals surface area contributed by atoms with Gasteiger partial charge in [-0.1, -0.05) is 31.4 Å². The number of nitrogens with zero attached hydrogens (tertiary/aromatic N) is 1. The van der Waals surface area contributed by atoms with E-state index in [1.165, 1.54) is 16.4 Å². The fraction of sp³-hybridized carbons (Fsp3) is 0.409. The molecule has 7 heteroatoms.